The van der Waals surface area contributed by atoms with E-state index in [9.17, 15) is 0 Å². The summed E-state index contributed by atoms with van der Waals surface area (Å²) < 4.78 is 0. The van der Waals surface area contributed by atoms with Crippen LogP contribution in [-0.2, 0) is 0 Å². The van der Waals surface area contributed by atoms with Crippen LogP contribution in [0.1, 0.15) is 74.1 Å². The third kappa shape index (κ3) is 7.37. The van der Waals surface area contributed by atoms with Gasteiger partial charge < -0.3 is 20.9 Å². The molecular formula is C33H46N4. The van der Waals surface area contributed by atoms with Gasteiger partial charge in [0.15, 0.2) is 0 Å². The first-order valence-electron chi connectivity index (χ1n) is 14.2. The zero-order chi connectivity index (χ0) is 26.0. The molecular weight excluding hydrogens is 452 g/mol. The summed E-state index contributed by atoms with van der Waals surface area (Å²) in [6.07, 6.45) is 12.3. The van der Waals surface area contributed by atoms with E-state index in [1.807, 2.05) is 6.20 Å². The Bertz CT molecular complexity index is 1110. The van der Waals surface area contributed by atoms with Crippen molar-refractivity contribution in [3.05, 3.63) is 100 Å². The first-order chi connectivity index (χ1) is 18.1. The highest BCUT2D eigenvalue weighted by molar-refractivity contribution is 5.55. The van der Waals surface area contributed by atoms with E-state index < -0.39 is 0 Å². The Hall–Kier alpha value is -2.82. The van der Waals surface area contributed by atoms with Crippen LogP contribution in [0.4, 0.5) is 5.69 Å². The number of hydrogen-bond donors (Lipinski definition) is 3. The summed E-state index contributed by atoms with van der Waals surface area (Å²) in [6.45, 7) is 14.5. The third-order valence-electron chi connectivity index (χ3n) is 7.96. The molecule has 1 atom stereocenters. The van der Waals surface area contributed by atoms with Gasteiger partial charge in [0.25, 0.3) is 0 Å². The molecule has 0 spiro atoms. The molecule has 2 fully saturated rings. The van der Waals surface area contributed by atoms with E-state index in [0.717, 1.165) is 45.6 Å². The summed E-state index contributed by atoms with van der Waals surface area (Å²) in [4.78, 5) is 2.60. The lowest BCUT2D eigenvalue weighted by Crippen LogP contribution is -2.44. The molecule has 2 aliphatic rings. The molecule has 4 heteroatoms. The number of aryl methyl sites for hydroxylation is 1. The van der Waals surface area contributed by atoms with Gasteiger partial charge in [-0.15, -0.1) is 0 Å². The fraction of sp³-hybridized carbons (Fsp3) is 0.455. The average Bonchev–Trinajstić information content (AvgIpc) is 2.88. The minimum atomic E-state index is 0.199. The zero-order valence-corrected chi connectivity index (χ0v) is 23.4. The predicted octanol–water partition coefficient (Wildman–Crippen LogP) is 7.00. The second-order valence-electron chi connectivity index (χ2n) is 10.6. The van der Waals surface area contributed by atoms with Gasteiger partial charge in [0.2, 0.25) is 0 Å². The molecule has 1 saturated carbocycles. The van der Waals surface area contributed by atoms with Gasteiger partial charge in [0, 0.05) is 62.6 Å². The van der Waals surface area contributed by atoms with Crippen molar-refractivity contribution in [2.24, 2.45) is 0 Å². The van der Waals surface area contributed by atoms with Crippen molar-refractivity contribution in [1.82, 2.24) is 15.5 Å². The van der Waals surface area contributed by atoms with Gasteiger partial charge in [-0.25, -0.2) is 0 Å². The molecule has 198 valence electrons. The lowest BCUT2D eigenvalue weighted by Gasteiger charge is -2.29. The maximum absolute atomic E-state index is 3.88. The maximum Gasteiger partial charge on any atom is 0.0384 e. The average molecular weight is 499 g/mol. The second kappa shape index (κ2) is 13.6. The molecule has 1 aliphatic carbocycles. The first kappa shape index (κ1) is 27.2. The van der Waals surface area contributed by atoms with Crippen LogP contribution in [0, 0.1) is 13.8 Å². The van der Waals surface area contributed by atoms with E-state index in [2.05, 4.69) is 103 Å². The smallest absolute Gasteiger partial charge is 0.0384 e. The molecule has 0 bridgehead atoms. The van der Waals surface area contributed by atoms with Crippen LogP contribution in [0.15, 0.2) is 77.8 Å². The van der Waals surface area contributed by atoms with Gasteiger partial charge in [-0.1, -0.05) is 48.9 Å². The zero-order valence-electron chi connectivity index (χ0n) is 23.4. The number of nitrogens with zero attached hydrogens (tertiary/aromatic N) is 1. The monoisotopic (exact) mass is 498 g/mol. The lowest BCUT2D eigenvalue weighted by atomic mass is 9.82. The molecule has 1 saturated heterocycles. The van der Waals surface area contributed by atoms with Crippen LogP contribution >= 0.6 is 0 Å². The topological polar surface area (TPSA) is 39.3 Å². The molecule has 4 rings (SSSR count). The molecule has 37 heavy (non-hydrogen) atoms. The van der Waals surface area contributed by atoms with Gasteiger partial charge >= 0.3 is 0 Å². The molecule has 1 heterocycles. The summed E-state index contributed by atoms with van der Waals surface area (Å²) >= 11 is 0. The van der Waals surface area contributed by atoms with Gasteiger partial charge in [-0.3, -0.25) is 0 Å². The summed E-state index contributed by atoms with van der Waals surface area (Å²) in [5, 5.41) is 10.7. The van der Waals surface area contributed by atoms with E-state index in [0.29, 0.717) is 0 Å². The number of allylic oxidation sites excluding steroid dienone is 3. The summed E-state index contributed by atoms with van der Waals surface area (Å²) in [5.74, 6) is 0.199. The molecule has 1 unspecified atom stereocenters. The Morgan fingerprint density at radius 3 is 2.59 bits per heavy atom. The number of hydrogen-bond acceptors (Lipinski definition) is 4. The fourth-order valence-corrected chi connectivity index (χ4v) is 5.38. The Morgan fingerprint density at radius 2 is 1.86 bits per heavy atom. The molecule has 0 aromatic heterocycles. The highest BCUT2D eigenvalue weighted by atomic mass is 15.2. The third-order valence-corrected chi connectivity index (χ3v) is 7.96. The van der Waals surface area contributed by atoms with Crippen LogP contribution in [0.5, 0.6) is 0 Å². The number of nitrogens with one attached hydrogen (secondary N) is 3. The summed E-state index contributed by atoms with van der Waals surface area (Å²) in [5.41, 5.74) is 11.0. The standard InChI is InChI=1S/C33H46N4/c1-5-6-17-35-24-26(3)33(31-15-7-10-25(2)27(31)4)29-13-9-14-30(23-29)36-32(28-11-8-12-28)16-20-37-21-18-34-19-22-37/h6-7,9-10,13-15,17,23-24,33-36H,5,8,11-12,16,18-22H2,1-4H3/b17-6+,26-24+. The van der Waals surface area contributed by atoms with Crippen molar-refractivity contribution in [3.63, 3.8) is 0 Å². The lowest BCUT2D eigenvalue weighted by molar-refractivity contribution is 0.243. The van der Waals surface area contributed by atoms with E-state index in [-0.39, 0.29) is 5.92 Å². The summed E-state index contributed by atoms with van der Waals surface area (Å²) in [6, 6.07) is 15.8. The van der Waals surface area contributed by atoms with Crippen LogP contribution in [0.2, 0.25) is 0 Å². The minimum absolute atomic E-state index is 0.199. The van der Waals surface area contributed by atoms with Crippen LogP contribution in [0.3, 0.4) is 0 Å². The number of piperazine rings is 1. The van der Waals surface area contributed by atoms with Crippen molar-refractivity contribution in [3.8, 4) is 0 Å². The molecule has 3 N–H and O–H groups in total. The van der Waals surface area contributed by atoms with Gasteiger partial charge in [-0.05, 0) is 92.6 Å². The van der Waals surface area contributed by atoms with Gasteiger partial charge in [0.05, 0.1) is 0 Å². The highest BCUT2D eigenvalue weighted by Crippen LogP contribution is 2.36. The van der Waals surface area contributed by atoms with Gasteiger partial charge in [-0.2, -0.15) is 0 Å². The second-order valence-corrected chi connectivity index (χ2v) is 10.6. The number of benzene rings is 2. The van der Waals surface area contributed by atoms with E-state index in [1.54, 1.807) is 5.57 Å². The van der Waals surface area contributed by atoms with Crippen molar-refractivity contribution in [1.29, 1.82) is 0 Å². The van der Waals surface area contributed by atoms with Crippen molar-refractivity contribution < 1.29 is 0 Å². The molecule has 2 aromatic carbocycles. The minimum Gasteiger partial charge on any atom is -0.368 e. The van der Waals surface area contributed by atoms with Crippen molar-refractivity contribution >= 4 is 5.69 Å². The Labute approximate surface area is 224 Å². The van der Waals surface area contributed by atoms with Crippen molar-refractivity contribution in [2.75, 3.05) is 38.0 Å². The predicted molar refractivity (Wildman–Crippen MR) is 159 cm³/mol. The molecule has 1 aliphatic heterocycles. The fourth-order valence-electron chi connectivity index (χ4n) is 5.38. The molecule has 0 amide bonds. The highest BCUT2D eigenvalue weighted by Gasteiger charge is 2.21. The quantitative estimate of drug-likeness (QED) is 0.312. The van der Waals surface area contributed by atoms with E-state index in [4.69, 9.17) is 0 Å². The van der Waals surface area contributed by atoms with Crippen LogP contribution < -0.4 is 16.0 Å². The van der Waals surface area contributed by atoms with Gasteiger partial charge in [0.1, 0.15) is 0 Å². The SMILES string of the molecule is CC/C=C/N/C=C(\C)C(c1cccc(NC(CCN2CCNCC2)=C2CCC2)c1)c1cccc(C)c1C. The first-order valence-corrected chi connectivity index (χ1v) is 14.2. The number of rotatable bonds is 11. The Morgan fingerprint density at radius 1 is 1.08 bits per heavy atom. The van der Waals surface area contributed by atoms with Crippen LogP contribution in [-0.4, -0.2) is 37.6 Å². The van der Waals surface area contributed by atoms with Crippen LogP contribution in [0.25, 0.3) is 0 Å². The normalized spacial score (nSPS) is 17.5. The maximum atomic E-state index is 3.88. The molecule has 2 aromatic rings. The summed E-state index contributed by atoms with van der Waals surface area (Å²) in [7, 11) is 0. The molecule has 0 radical (unpaired) electrons. The van der Waals surface area contributed by atoms with E-state index in [1.165, 1.54) is 58.5 Å². The van der Waals surface area contributed by atoms with E-state index >= 15 is 0 Å². The number of anilines is 1. The molecule has 4 nitrogen and oxygen atoms in total. The Balaban J connectivity index is 1.60. The van der Waals surface area contributed by atoms with Crippen molar-refractivity contribution in [2.45, 2.75) is 65.7 Å². The Kier molecular flexibility index (Phi) is 10.0. The largest absolute Gasteiger partial charge is 0.368 e.